The van der Waals surface area contributed by atoms with Crippen molar-refractivity contribution in [1.29, 1.82) is 0 Å². The molecule has 1 rings (SSSR count). The maximum atomic E-state index is 12.5. The number of hydrogen-bond acceptors (Lipinski definition) is 1. The highest BCUT2D eigenvalue weighted by molar-refractivity contribution is 5.38. The number of nitrogens with two attached hydrogens (primary N) is 1. The lowest BCUT2D eigenvalue weighted by Gasteiger charge is -2.20. The minimum Gasteiger partial charge on any atom is -0.316 e. The van der Waals surface area contributed by atoms with Gasteiger partial charge >= 0.3 is 12.4 Å². The summed E-state index contributed by atoms with van der Waals surface area (Å²) in [4.78, 5) is 0. The standard InChI is InChI=1S/C10H9F6N/c1-5-6(8(17)10(14,15)16)3-2-4-7(5)9(11,12)13/h2-4,8H,17H2,1H3/t8-/m0/s1. The highest BCUT2D eigenvalue weighted by Crippen LogP contribution is 2.37. The molecular weight excluding hydrogens is 248 g/mol. The van der Waals surface area contributed by atoms with E-state index in [9.17, 15) is 26.3 Å². The Labute approximate surface area is 93.2 Å². The molecule has 2 N–H and O–H groups in total. The molecule has 0 radical (unpaired) electrons. The van der Waals surface area contributed by atoms with Crippen LogP contribution in [0.25, 0.3) is 0 Å². The van der Waals surface area contributed by atoms with Gasteiger partial charge in [0, 0.05) is 0 Å². The molecule has 0 aromatic heterocycles. The Morgan fingerprint density at radius 2 is 1.59 bits per heavy atom. The van der Waals surface area contributed by atoms with Crippen LogP contribution < -0.4 is 5.73 Å². The van der Waals surface area contributed by atoms with Crippen LogP contribution in [0.2, 0.25) is 0 Å². The lowest BCUT2D eigenvalue weighted by molar-refractivity contribution is -0.150. The first kappa shape index (κ1) is 13.8. The number of halogens is 6. The summed E-state index contributed by atoms with van der Waals surface area (Å²) in [7, 11) is 0. The van der Waals surface area contributed by atoms with Gasteiger partial charge in [-0.05, 0) is 24.1 Å². The lowest BCUT2D eigenvalue weighted by Crippen LogP contribution is -2.29. The zero-order valence-electron chi connectivity index (χ0n) is 8.65. The quantitative estimate of drug-likeness (QED) is 0.764. The third-order valence-electron chi connectivity index (χ3n) is 2.37. The second-order valence-corrected chi connectivity index (χ2v) is 3.54. The Kier molecular flexibility index (Phi) is 3.42. The molecule has 0 aliphatic rings. The predicted molar refractivity (Wildman–Crippen MR) is 49.2 cm³/mol. The topological polar surface area (TPSA) is 26.0 Å². The maximum absolute atomic E-state index is 12.5. The average molecular weight is 257 g/mol. The fraction of sp³-hybridized carbons (Fsp3) is 0.400. The van der Waals surface area contributed by atoms with Crippen LogP contribution in [0, 0.1) is 6.92 Å². The van der Waals surface area contributed by atoms with E-state index >= 15 is 0 Å². The van der Waals surface area contributed by atoms with E-state index < -0.39 is 35.1 Å². The normalized spacial score (nSPS) is 14.8. The van der Waals surface area contributed by atoms with Crippen LogP contribution in [0.1, 0.15) is 22.7 Å². The minimum absolute atomic E-state index is 0.496. The van der Waals surface area contributed by atoms with Crippen molar-refractivity contribution in [2.24, 2.45) is 5.73 Å². The van der Waals surface area contributed by atoms with Crippen molar-refractivity contribution in [2.45, 2.75) is 25.3 Å². The Hall–Kier alpha value is -1.24. The molecular formula is C10H9F6N. The number of hydrogen-bond donors (Lipinski definition) is 1. The molecule has 0 heterocycles. The Balaban J connectivity index is 3.30. The van der Waals surface area contributed by atoms with Gasteiger partial charge in [-0.25, -0.2) is 0 Å². The fourth-order valence-corrected chi connectivity index (χ4v) is 1.47. The molecule has 0 spiro atoms. The molecule has 0 fully saturated rings. The number of benzene rings is 1. The van der Waals surface area contributed by atoms with E-state index in [2.05, 4.69) is 0 Å². The van der Waals surface area contributed by atoms with E-state index in [1.807, 2.05) is 0 Å². The van der Waals surface area contributed by atoms with Crippen molar-refractivity contribution >= 4 is 0 Å². The Morgan fingerprint density at radius 1 is 1.06 bits per heavy atom. The molecule has 96 valence electrons. The van der Waals surface area contributed by atoms with Crippen molar-refractivity contribution in [3.8, 4) is 0 Å². The van der Waals surface area contributed by atoms with Gasteiger partial charge < -0.3 is 5.73 Å². The van der Waals surface area contributed by atoms with Gasteiger partial charge in [0.15, 0.2) is 0 Å². The van der Waals surface area contributed by atoms with E-state index in [1.54, 1.807) is 0 Å². The van der Waals surface area contributed by atoms with Crippen molar-refractivity contribution < 1.29 is 26.3 Å². The summed E-state index contributed by atoms with van der Waals surface area (Å²) in [5.41, 5.74) is 2.73. The van der Waals surface area contributed by atoms with Crippen LogP contribution in [0.15, 0.2) is 18.2 Å². The third-order valence-corrected chi connectivity index (χ3v) is 2.37. The third kappa shape index (κ3) is 2.91. The first-order valence-electron chi connectivity index (χ1n) is 4.54. The van der Waals surface area contributed by atoms with Crippen LogP contribution >= 0.6 is 0 Å². The molecule has 0 bridgehead atoms. The number of alkyl halides is 6. The molecule has 0 aliphatic carbocycles. The first-order chi connectivity index (χ1) is 7.55. The van der Waals surface area contributed by atoms with Gasteiger partial charge in [-0.2, -0.15) is 26.3 Å². The van der Waals surface area contributed by atoms with Crippen LogP contribution in [0.3, 0.4) is 0 Å². The first-order valence-corrected chi connectivity index (χ1v) is 4.54. The smallest absolute Gasteiger partial charge is 0.316 e. The predicted octanol–water partition coefficient (Wildman–Crippen LogP) is 3.58. The van der Waals surface area contributed by atoms with Gasteiger partial charge in [0.2, 0.25) is 0 Å². The zero-order valence-corrected chi connectivity index (χ0v) is 8.65. The second kappa shape index (κ2) is 4.21. The summed E-state index contributed by atoms with van der Waals surface area (Å²) in [6, 6.07) is 0.173. The van der Waals surface area contributed by atoms with E-state index in [0.717, 1.165) is 25.1 Å². The van der Waals surface area contributed by atoms with Crippen LogP contribution in [0.5, 0.6) is 0 Å². The van der Waals surface area contributed by atoms with E-state index in [1.165, 1.54) is 0 Å². The fourth-order valence-electron chi connectivity index (χ4n) is 1.47. The van der Waals surface area contributed by atoms with Gasteiger partial charge in [-0.3, -0.25) is 0 Å². The minimum atomic E-state index is -4.77. The van der Waals surface area contributed by atoms with Crippen molar-refractivity contribution in [3.05, 3.63) is 34.9 Å². The van der Waals surface area contributed by atoms with Crippen LogP contribution in [-0.2, 0) is 6.18 Å². The molecule has 0 saturated heterocycles. The monoisotopic (exact) mass is 257 g/mol. The highest BCUT2D eigenvalue weighted by atomic mass is 19.4. The summed E-state index contributed by atoms with van der Waals surface area (Å²) in [5, 5.41) is 0. The molecule has 7 heteroatoms. The maximum Gasteiger partial charge on any atom is 0.416 e. The van der Waals surface area contributed by atoms with Crippen molar-refractivity contribution in [3.63, 3.8) is 0 Å². The molecule has 0 aliphatic heterocycles. The second-order valence-electron chi connectivity index (χ2n) is 3.54. The van der Waals surface area contributed by atoms with Crippen LogP contribution in [-0.4, -0.2) is 6.18 Å². The Morgan fingerprint density at radius 3 is 2.00 bits per heavy atom. The molecule has 0 unspecified atom stereocenters. The Bertz CT molecular complexity index is 406. The average Bonchev–Trinajstić information content (AvgIpc) is 2.13. The number of rotatable bonds is 1. The van der Waals surface area contributed by atoms with Crippen molar-refractivity contribution in [2.75, 3.05) is 0 Å². The van der Waals surface area contributed by atoms with Gasteiger partial charge in [0.25, 0.3) is 0 Å². The van der Waals surface area contributed by atoms with Crippen molar-refractivity contribution in [1.82, 2.24) is 0 Å². The summed E-state index contributed by atoms with van der Waals surface area (Å²) >= 11 is 0. The summed E-state index contributed by atoms with van der Waals surface area (Å²) in [5.74, 6) is 0. The summed E-state index contributed by atoms with van der Waals surface area (Å²) < 4.78 is 74.4. The molecule has 1 aromatic carbocycles. The molecule has 0 saturated carbocycles. The highest BCUT2D eigenvalue weighted by Gasteiger charge is 2.40. The van der Waals surface area contributed by atoms with Crippen LogP contribution in [0.4, 0.5) is 26.3 Å². The van der Waals surface area contributed by atoms with E-state index in [0.29, 0.717) is 0 Å². The molecule has 17 heavy (non-hydrogen) atoms. The lowest BCUT2D eigenvalue weighted by atomic mass is 9.96. The largest absolute Gasteiger partial charge is 0.416 e. The summed E-state index contributed by atoms with van der Waals surface area (Å²) in [6.07, 6.45) is -9.46. The van der Waals surface area contributed by atoms with E-state index in [-0.39, 0.29) is 0 Å². The zero-order chi connectivity index (χ0) is 13.4. The molecule has 0 amide bonds. The van der Waals surface area contributed by atoms with Gasteiger partial charge in [-0.1, -0.05) is 12.1 Å². The van der Waals surface area contributed by atoms with E-state index in [4.69, 9.17) is 5.73 Å². The van der Waals surface area contributed by atoms with Gasteiger partial charge in [0.05, 0.1) is 5.56 Å². The molecule has 1 atom stereocenters. The molecule has 1 aromatic rings. The van der Waals surface area contributed by atoms with Gasteiger partial charge in [0.1, 0.15) is 6.04 Å². The SMILES string of the molecule is Cc1c([C@H](N)C(F)(F)F)cccc1C(F)(F)F. The summed E-state index contributed by atoms with van der Waals surface area (Å²) in [6.45, 7) is 0.976. The molecule has 1 nitrogen and oxygen atoms in total. The van der Waals surface area contributed by atoms with Gasteiger partial charge in [-0.15, -0.1) is 0 Å².